The van der Waals surface area contributed by atoms with E-state index in [0.717, 1.165) is 16.3 Å². The fourth-order valence-corrected chi connectivity index (χ4v) is 2.82. The molecule has 2 rings (SSSR count). The van der Waals surface area contributed by atoms with E-state index in [1.165, 1.54) is 11.3 Å². The van der Waals surface area contributed by atoms with Crippen molar-refractivity contribution in [2.75, 3.05) is 6.61 Å². The maximum Gasteiger partial charge on any atom is 0.335 e. The van der Waals surface area contributed by atoms with Crippen LogP contribution in [0.2, 0.25) is 0 Å². The zero-order chi connectivity index (χ0) is 14.8. The molecule has 4 nitrogen and oxygen atoms in total. The van der Waals surface area contributed by atoms with Crippen molar-refractivity contribution in [2.24, 2.45) is 0 Å². The molecule has 5 heteroatoms. The van der Waals surface area contributed by atoms with E-state index in [9.17, 15) is 4.79 Å². The van der Waals surface area contributed by atoms with Crippen LogP contribution in [-0.2, 0) is 10.3 Å². The molecule has 2 aromatic rings. The lowest BCUT2D eigenvalue weighted by Gasteiger charge is -2.21. The molecule has 0 aliphatic carbocycles. The summed E-state index contributed by atoms with van der Waals surface area (Å²) in [7, 11) is 0. The van der Waals surface area contributed by atoms with E-state index >= 15 is 0 Å². The second-order valence-electron chi connectivity index (χ2n) is 4.87. The van der Waals surface area contributed by atoms with E-state index in [0.29, 0.717) is 6.61 Å². The van der Waals surface area contributed by atoms with E-state index in [1.54, 1.807) is 18.2 Å². The molecule has 0 aliphatic rings. The van der Waals surface area contributed by atoms with Gasteiger partial charge in [-0.05, 0) is 32.9 Å². The Morgan fingerprint density at radius 2 is 2.20 bits per heavy atom. The Morgan fingerprint density at radius 1 is 1.45 bits per heavy atom. The first-order valence-electron chi connectivity index (χ1n) is 6.37. The second kappa shape index (κ2) is 5.73. The average molecular weight is 291 g/mol. The van der Waals surface area contributed by atoms with Crippen LogP contribution >= 0.6 is 11.3 Å². The van der Waals surface area contributed by atoms with Gasteiger partial charge in [0.1, 0.15) is 10.6 Å². The Bertz CT molecular complexity index is 619. The average Bonchev–Trinajstić information content (AvgIpc) is 2.89. The number of carboxylic acids is 1. The fraction of sp³-hybridized carbons (Fsp3) is 0.333. The molecule has 20 heavy (non-hydrogen) atoms. The SMILES string of the molecule is CCOC(C)(C)c1nc(-c2cccc(C(=O)O)c2)cs1. The topological polar surface area (TPSA) is 59.4 Å². The van der Waals surface area contributed by atoms with Crippen molar-refractivity contribution < 1.29 is 14.6 Å². The standard InChI is InChI=1S/C15H17NO3S/c1-4-19-15(2,3)14-16-12(9-20-14)10-6-5-7-11(8-10)13(17)18/h5-9H,4H2,1-3H3,(H,17,18). The number of hydrogen-bond donors (Lipinski definition) is 1. The van der Waals surface area contributed by atoms with Crippen molar-refractivity contribution in [3.05, 3.63) is 40.2 Å². The molecule has 0 amide bonds. The van der Waals surface area contributed by atoms with Gasteiger partial charge in [0.05, 0.1) is 11.3 Å². The van der Waals surface area contributed by atoms with Crippen LogP contribution in [0, 0.1) is 0 Å². The third-order valence-corrected chi connectivity index (χ3v) is 4.08. The van der Waals surface area contributed by atoms with Crippen molar-refractivity contribution in [3.8, 4) is 11.3 Å². The summed E-state index contributed by atoms with van der Waals surface area (Å²) in [5.74, 6) is -0.933. The first kappa shape index (κ1) is 14.7. The number of benzene rings is 1. The molecule has 0 saturated carbocycles. The highest BCUT2D eigenvalue weighted by Gasteiger charge is 2.24. The van der Waals surface area contributed by atoms with E-state index in [1.807, 2.05) is 32.2 Å². The molecule has 0 saturated heterocycles. The first-order valence-corrected chi connectivity index (χ1v) is 7.25. The Balaban J connectivity index is 2.33. The van der Waals surface area contributed by atoms with Crippen LogP contribution < -0.4 is 0 Å². The van der Waals surface area contributed by atoms with Crippen molar-refractivity contribution >= 4 is 17.3 Å². The predicted octanol–water partition coefficient (Wildman–Crippen LogP) is 3.78. The van der Waals surface area contributed by atoms with E-state index < -0.39 is 11.6 Å². The number of rotatable bonds is 5. The summed E-state index contributed by atoms with van der Waals surface area (Å²) in [6, 6.07) is 6.79. The summed E-state index contributed by atoms with van der Waals surface area (Å²) in [5, 5.41) is 11.8. The number of aromatic carboxylic acids is 1. The van der Waals surface area contributed by atoms with Crippen molar-refractivity contribution in [2.45, 2.75) is 26.4 Å². The number of hydrogen-bond acceptors (Lipinski definition) is 4. The summed E-state index contributed by atoms with van der Waals surface area (Å²) in [4.78, 5) is 15.6. The lowest BCUT2D eigenvalue weighted by atomic mass is 10.1. The van der Waals surface area contributed by atoms with Gasteiger partial charge in [-0.15, -0.1) is 11.3 Å². The molecule has 0 unspecified atom stereocenters. The van der Waals surface area contributed by atoms with Crippen LogP contribution in [0.1, 0.15) is 36.1 Å². The minimum atomic E-state index is -0.933. The van der Waals surface area contributed by atoms with Crippen LogP contribution in [0.3, 0.4) is 0 Å². The second-order valence-corrected chi connectivity index (χ2v) is 5.73. The number of carbonyl (C=O) groups is 1. The summed E-state index contributed by atoms with van der Waals surface area (Å²) < 4.78 is 5.68. The van der Waals surface area contributed by atoms with Gasteiger partial charge in [-0.2, -0.15) is 0 Å². The number of thiazole rings is 1. The molecule has 1 aromatic heterocycles. The summed E-state index contributed by atoms with van der Waals surface area (Å²) in [6.07, 6.45) is 0. The number of ether oxygens (including phenoxy) is 1. The molecule has 106 valence electrons. The van der Waals surface area contributed by atoms with Gasteiger partial charge in [0, 0.05) is 17.6 Å². The van der Waals surface area contributed by atoms with Gasteiger partial charge in [0.2, 0.25) is 0 Å². The monoisotopic (exact) mass is 291 g/mol. The Hall–Kier alpha value is -1.72. The van der Waals surface area contributed by atoms with E-state index in [2.05, 4.69) is 4.98 Å². The van der Waals surface area contributed by atoms with Gasteiger partial charge >= 0.3 is 5.97 Å². The lowest BCUT2D eigenvalue weighted by Crippen LogP contribution is -2.21. The zero-order valence-electron chi connectivity index (χ0n) is 11.7. The van der Waals surface area contributed by atoms with Crippen molar-refractivity contribution in [1.29, 1.82) is 0 Å². The highest BCUT2D eigenvalue weighted by molar-refractivity contribution is 7.10. The molecule has 0 aliphatic heterocycles. The largest absolute Gasteiger partial charge is 0.478 e. The third kappa shape index (κ3) is 3.05. The molecule has 1 aromatic carbocycles. The van der Waals surface area contributed by atoms with Gasteiger partial charge in [0.15, 0.2) is 0 Å². The molecule has 1 heterocycles. The maximum absolute atomic E-state index is 11.0. The minimum Gasteiger partial charge on any atom is -0.478 e. The normalized spacial score (nSPS) is 11.6. The highest BCUT2D eigenvalue weighted by Crippen LogP contribution is 2.31. The molecule has 0 spiro atoms. The van der Waals surface area contributed by atoms with Crippen molar-refractivity contribution in [3.63, 3.8) is 0 Å². The zero-order valence-corrected chi connectivity index (χ0v) is 12.5. The highest BCUT2D eigenvalue weighted by atomic mass is 32.1. The van der Waals surface area contributed by atoms with Crippen LogP contribution in [0.4, 0.5) is 0 Å². The molecule has 0 bridgehead atoms. The number of carboxylic acid groups (broad SMARTS) is 1. The predicted molar refractivity (Wildman–Crippen MR) is 79.2 cm³/mol. The lowest BCUT2D eigenvalue weighted by molar-refractivity contribution is -0.0141. The fourth-order valence-electron chi connectivity index (χ4n) is 1.92. The number of nitrogens with zero attached hydrogens (tertiary/aromatic N) is 1. The maximum atomic E-state index is 11.0. The molecule has 0 fully saturated rings. The van der Waals surface area contributed by atoms with Gasteiger partial charge < -0.3 is 9.84 Å². The first-order chi connectivity index (χ1) is 9.44. The van der Waals surface area contributed by atoms with Crippen LogP contribution in [0.25, 0.3) is 11.3 Å². The van der Waals surface area contributed by atoms with Crippen molar-refractivity contribution in [1.82, 2.24) is 4.98 Å². The molecular formula is C15H17NO3S. The van der Waals surface area contributed by atoms with Crippen LogP contribution in [-0.4, -0.2) is 22.7 Å². The quantitative estimate of drug-likeness (QED) is 0.910. The molecule has 0 atom stereocenters. The van der Waals surface area contributed by atoms with E-state index in [4.69, 9.17) is 9.84 Å². The summed E-state index contributed by atoms with van der Waals surface area (Å²) in [5.41, 5.74) is 1.42. The summed E-state index contributed by atoms with van der Waals surface area (Å²) in [6.45, 7) is 6.53. The Morgan fingerprint density at radius 3 is 2.85 bits per heavy atom. The Kier molecular flexibility index (Phi) is 4.20. The van der Waals surface area contributed by atoms with Crippen LogP contribution in [0.5, 0.6) is 0 Å². The van der Waals surface area contributed by atoms with Gasteiger partial charge in [-0.3, -0.25) is 0 Å². The smallest absolute Gasteiger partial charge is 0.335 e. The minimum absolute atomic E-state index is 0.265. The van der Waals surface area contributed by atoms with Gasteiger partial charge in [0.25, 0.3) is 0 Å². The van der Waals surface area contributed by atoms with Crippen LogP contribution in [0.15, 0.2) is 29.6 Å². The molecule has 0 radical (unpaired) electrons. The third-order valence-electron chi connectivity index (χ3n) is 2.93. The van der Waals surface area contributed by atoms with Gasteiger partial charge in [-0.1, -0.05) is 12.1 Å². The number of aromatic nitrogens is 1. The van der Waals surface area contributed by atoms with Gasteiger partial charge in [-0.25, -0.2) is 9.78 Å². The summed E-state index contributed by atoms with van der Waals surface area (Å²) >= 11 is 1.52. The Labute approximate surface area is 122 Å². The van der Waals surface area contributed by atoms with E-state index in [-0.39, 0.29) is 5.56 Å². The molecular weight excluding hydrogens is 274 g/mol. The molecule has 1 N–H and O–H groups in total.